The molecule has 0 bridgehead atoms. The number of alkyl halides is 3. The van der Waals surface area contributed by atoms with E-state index in [2.05, 4.69) is 10.1 Å². The van der Waals surface area contributed by atoms with Crippen LogP contribution in [0.15, 0.2) is 30.6 Å². The second-order valence-electron chi connectivity index (χ2n) is 4.49. The Morgan fingerprint density at radius 3 is 2.68 bits per heavy atom. The van der Waals surface area contributed by atoms with Crippen LogP contribution < -0.4 is 4.18 Å². The lowest BCUT2D eigenvalue weighted by Gasteiger charge is -2.07. The van der Waals surface area contributed by atoms with Crippen LogP contribution in [0.5, 0.6) is 5.75 Å². The predicted octanol–water partition coefficient (Wildman–Crippen LogP) is 2.06. The van der Waals surface area contributed by atoms with Gasteiger partial charge in [0.15, 0.2) is 5.75 Å². The molecule has 2 heterocycles. The van der Waals surface area contributed by atoms with Gasteiger partial charge in [0, 0.05) is 12.4 Å². The highest BCUT2D eigenvalue weighted by Gasteiger charge is 2.28. The predicted molar refractivity (Wildman–Crippen MR) is 70.5 cm³/mol. The van der Waals surface area contributed by atoms with Crippen molar-refractivity contribution in [2.45, 2.75) is 25.4 Å². The average molecular weight is 335 g/mol. The van der Waals surface area contributed by atoms with E-state index >= 15 is 0 Å². The molecule has 22 heavy (non-hydrogen) atoms. The lowest BCUT2D eigenvalue weighted by Crippen LogP contribution is -2.18. The lowest BCUT2D eigenvalue weighted by molar-refractivity contribution is -0.142. The molecule has 120 valence electrons. The van der Waals surface area contributed by atoms with Gasteiger partial charge in [-0.25, -0.2) is 0 Å². The maximum absolute atomic E-state index is 12.2. The summed E-state index contributed by atoms with van der Waals surface area (Å²) in [6.45, 7) is 0.290. The first kappa shape index (κ1) is 16.3. The molecule has 0 atom stereocenters. The van der Waals surface area contributed by atoms with Gasteiger partial charge in [-0.05, 0) is 25.1 Å². The fourth-order valence-corrected chi connectivity index (χ4v) is 2.68. The Labute approximate surface area is 124 Å². The summed E-state index contributed by atoms with van der Waals surface area (Å²) in [4.78, 5) is 3.88. The number of halogens is 3. The fraction of sp³-hybridized carbons (Fsp3) is 0.333. The maximum atomic E-state index is 12.2. The van der Waals surface area contributed by atoms with Crippen molar-refractivity contribution in [2.75, 3.05) is 0 Å². The second-order valence-corrected chi connectivity index (χ2v) is 6.06. The SMILES string of the molecule is Cc1ncccc1OS(=O)(=O)Cc1ccn(CC(F)(F)F)n1. The standard InChI is InChI=1S/C12H12F3N3O3S/c1-9-11(3-2-5-16-9)21-22(19,20)7-10-4-6-18(17-10)8-12(13,14)15/h2-6H,7-8H2,1H3. The molecule has 0 N–H and O–H groups in total. The molecule has 2 rings (SSSR count). The third-order valence-electron chi connectivity index (χ3n) is 2.54. The van der Waals surface area contributed by atoms with E-state index in [-0.39, 0.29) is 11.4 Å². The Balaban J connectivity index is 2.08. The van der Waals surface area contributed by atoms with Crippen LogP contribution in [0.3, 0.4) is 0 Å². The van der Waals surface area contributed by atoms with Crippen LogP contribution in [-0.4, -0.2) is 29.4 Å². The van der Waals surface area contributed by atoms with Gasteiger partial charge < -0.3 is 4.18 Å². The highest BCUT2D eigenvalue weighted by molar-refractivity contribution is 7.86. The number of aromatic nitrogens is 3. The van der Waals surface area contributed by atoms with E-state index in [0.717, 1.165) is 6.20 Å². The number of rotatable bonds is 5. The van der Waals surface area contributed by atoms with E-state index < -0.39 is 28.6 Å². The topological polar surface area (TPSA) is 74.1 Å². The highest BCUT2D eigenvalue weighted by Crippen LogP contribution is 2.19. The van der Waals surface area contributed by atoms with E-state index in [1.807, 2.05) is 0 Å². The second kappa shape index (κ2) is 5.95. The van der Waals surface area contributed by atoms with Gasteiger partial charge in [-0.2, -0.15) is 26.7 Å². The van der Waals surface area contributed by atoms with Crippen LogP contribution in [0.4, 0.5) is 13.2 Å². The van der Waals surface area contributed by atoms with Gasteiger partial charge >= 0.3 is 16.3 Å². The summed E-state index contributed by atoms with van der Waals surface area (Å²) in [5, 5.41) is 3.57. The molecule has 0 fully saturated rings. The van der Waals surface area contributed by atoms with Gasteiger partial charge in [-0.1, -0.05) is 0 Å². The molecule has 2 aromatic heterocycles. The van der Waals surface area contributed by atoms with E-state index in [4.69, 9.17) is 4.18 Å². The van der Waals surface area contributed by atoms with Gasteiger partial charge in [0.1, 0.15) is 12.3 Å². The Kier molecular flexibility index (Phi) is 4.40. The molecule has 0 amide bonds. The third-order valence-corrected chi connectivity index (χ3v) is 3.62. The molecule has 6 nitrogen and oxygen atoms in total. The summed E-state index contributed by atoms with van der Waals surface area (Å²) >= 11 is 0. The van der Waals surface area contributed by atoms with E-state index in [1.54, 1.807) is 6.92 Å². The number of nitrogens with zero attached hydrogens (tertiary/aromatic N) is 3. The molecule has 0 aromatic carbocycles. The Bertz CT molecular complexity index is 756. The number of hydrogen-bond acceptors (Lipinski definition) is 5. The van der Waals surface area contributed by atoms with Crippen LogP contribution in [0.1, 0.15) is 11.4 Å². The van der Waals surface area contributed by atoms with E-state index in [9.17, 15) is 21.6 Å². The maximum Gasteiger partial charge on any atom is 0.408 e. The van der Waals surface area contributed by atoms with Crippen molar-refractivity contribution in [2.24, 2.45) is 0 Å². The smallest absolute Gasteiger partial charge is 0.380 e. The zero-order chi connectivity index (χ0) is 16.4. The monoisotopic (exact) mass is 335 g/mol. The molecule has 0 aliphatic rings. The first-order valence-electron chi connectivity index (χ1n) is 6.07. The summed E-state index contributed by atoms with van der Waals surface area (Å²) in [7, 11) is -4.04. The number of pyridine rings is 1. The average Bonchev–Trinajstić information content (AvgIpc) is 2.76. The molecular formula is C12H12F3N3O3S. The van der Waals surface area contributed by atoms with Crippen molar-refractivity contribution in [3.05, 3.63) is 42.0 Å². The van der Waals surface area contributed by atoms with Gasteiger partial charge in [0.2, 0.25) is 0 Å². The Morgan fingerprint density at radius 2 is 2.05 bits per heavy atom. The molecule has 0 spiro atoms. The number of hydrogen-bond donors (Lipinski definition) is 0. The third kappa shape index (κ3) is 4.72. The summed E-state index contributed by atoms with van der Waals surface area (Å²) < 4.78 is 65.9. The van der Waals surface area contributed by atoms with Gasteiger partial charge in [-0.3, -0.25) is 9.67 Å². The van der Waals surface area contributed by atoms with E-state index in [1.165, 1.54) is 24.4 Å². The molecular weight excluding hydrogens is 323 g/mol. The first-order valence-corrected chi connectivity index (χ1v) is 7.65. The van der Waals surface area contributed by atoms with Crippen LogP contribution in [0, 0.1) is 6.92 Å². The minimum absolute atomic E-state index is 0.0363. The van der Waals surface area contributed by atoms with E-state index in [0.29, 0.717) is 10.4 Å². The fourth-order valence-electron chi connectivity index (χ4n) is 1.66. The molecule has 0 radical (unpaired) electrons. The Hall–Kier alpha value is -2.10. The molecule has 0 saturated carbocycles. The normalized spacial score (nSPS) is 12.4. The molecule has 2 aromatic rings. The van der Waals surface area contributed by atoms with Crippen molar-refractivity contribution in [1.29, 1.82) is 0 Å². The lowest BCUT2D eigenvalue weighted by atomic mass is 10.3. The zero-order valence-corrected chi connectivity index (χ0v) is 12.2. The first-order chi connectivity index (χ1) is 10.1. The minimum Gasteiger partial charge on any atom is -0.380 e. The molecule has 0 unspecified atom stereocenters. The summed E-state index contributed by atoms with van der Waals surface area (Å²) in [6, 6.07) is 4.14. The summed E-state index contributed by atoms with van der Waals surface area (Å²) in [5.74, 6) is -0.566. The molecule has 0 saturated heterocycles. The summed E-state index contributed by atoms with van der Waals surface area (Å²) in [6.07, 6.45) is -1.88. The van der Waals surface area contributed by atoms with Gasteiger partial charge in [-0.15, -0.1) is 0 Å². The molecule has 10 heteroatoms. The van der Waals surface area contributed by atoms with Crippen molar-refractivity contribution >= 4 is 10.1 Å². The van der Waals surface area contributed by atoms with Gasteiger partial charge in [0.05, 0.1) is 11.4 Å². The Morgan fingerprint density at radius 1 is 1.32 bits per heavy atom. The van der Waals surface area contributed by atoms with Gasteiger partial charge in [0.25, 0.3) is 0 Å². The largest absolute Gasteiger partial charge is 0.408 e. The quantitative estimate of drug-likeness (QED) is 0.782. The van der Waals surface area contributed by atoms with Crippen molar-refractivity contribution < 1.29 is 25.8 Å². The van der Waals surface area contributed by atoms with Crippen molar-refractivity contribution in [3.63, 3.8) is 0 Å². The van der Waals surface area contributed by atoms with Crippen LogP contribution in [-0.2, 0) is 22.4 Å². The molecule has 0 aliphatic carbocycles. The molecule has 0 aliphatic heterocycles. The van der Waals surface area contributed by atoms with Crippen molar-refractivity contribution in [3.8, 4) is 5.75 Å². The zero-order valence-electron chi connectivity index (χ0n) is 11.4. The highest BCUT2D eigenvalue weighted by atomic mass is 32.2. The summed E-state index contributed by atoms with van der Waals surface area (Å²) in [5.41, 5.74) is 0.347. The number of aryl methyl sites for hydroxylation is 1. The van der Waals surface area contributed by atoms with Crippen molar-refractivity contribution in [1.82, 2.24) is 14.8 Å². The van der Waals surface area contributed by atoms with Crippen LogP contribution in [0.25, 0.3) is 0 Å². The van der Waals surface area contributed by atoms with Crippen LogP contribution in [0.2, 0.25) is 0 Å². The van der Waals surface area contributed by atoms with Crippen LogP contribution >= 0.6 is 0 Å². The minimum atomic E-state index is -4.43.